The van der Waals surface area contributed by atoms with Crippen LogP contribution in [0.5, 0.6) is 5.75 Å². The summed E-state index contributed by atoms with van der Waals surface area (Å²) in [6, 6.07) is 3.81. The summed E-state index contributed by atoms with van der Waals surface area (Å²) in [4.78, 5) is 0.909. The maximum atomic E-state index is 5.99. The van der Waals surface area contributed by atoms with Gasteiger partial charge in [-0.05, 0) is 12.1 Å². The lowest BCUT2D eigenvalue weighted by Crippen LogP contribution is -1.81. The first kappa shape index (κ1) is 9.19. The smallest absolute Gasteiger partial charge is 0.120 e. The standard InChI is InChI=1S/C9H7ClOS2/c1-11-5-2-6-7(10)4-13-9(6)8(12)3-5/h2-4,12H,1H3. The summed E-state index contributed by atoms with van der Waals surface area (Å²) in [5.41, 5.74) is 0. The van der Waals surface area contributed by atoms with E-state index in [1.165, 1.54) is 0 Å². The first-order valence-corrected chi connectivity index (χ1v) is 5.36. The normalized spacial score (nSPS) is 10.7. The van der Waals surface area contributed by atoms with E-state index in [1.807, 2.05) is 17.5 Å². The van der Waals surface area contributed by atoms with Crippen LogP contribution in [0.2, 0.25) is 5.02 Å². The van der Waals surface area contributed by atoms with E-state index in [4.69, 9.17) is 16.3 Å². The van der Waals surface area contributed by atoms with Crippen molar-refractivity contribution in [2.45, 2.75) is 4.90 Å². The summed E-state index contributed by atoms with van der Waals surface area (Å²) in [5.74, 6) is 0.790. The minimum atomic E-state index is 0.759. The number of fused-ring (bicyclic) bond motifs is 1. The Kier molecular flexibility index (Phi) is 2.41. The van der Waals surface area contributed by atoms with Gasteiger partial charge >= 0.3 is 0 Å². The largest absolute Gasteiger partial charge is 0.497 e. The quantitative estimate of drug-likeness (QED) is 0.733. The van der Waals surface area contributed by atoms with E-state index in [1.54, 1.807) is 18.4 Å². The molecule has 0 aliphatic rings. The van der Waals surface area contributed by atoms with Crippen LogP contribution < -0.4 is 4.74 Å². The zero-order valence-corrected chi connectivity index (χ0v) is 9.34. The van der Waals surface area contributed by atoms with Gasteiger partial charge in [0.15, 0.2) is 0 Å². The Balaban J connectivity index is 2.80. The minimum absolute atomic E-state index is 0.759. The van der Waals surface area contributed by atoms with Crippen LogP contribution in [0, 0.1) is 0 Å². The van der Waals surface area contributed by atoms with E-state index in [0.29, 0.717) is 0 Å². The van der Waals surface area contributed by atoms with Crippen molar-refractivity contribution in [1.82, 2.24) is 0 Å². The molecule has 0 aliphatic carbocycles. The molecule has 13 heavy (non-hydrogen) atoms. The molecule has 68 valence electrons. The summed E-state index contributed by atoms with van der Waals surface area (Å²) < 4.78 is 6.23. The molecular weight excluding hydrogens is 224 g/mol. The average molecular weight is 231 g/mol. The van der Waals surface area contributed by atoms with Gasteiger partial charge in [0, 0.05) is 20.4 Å². The molecule has 2 aromatic rings. The maximum Gasteiger partial charge on any atom is 0.120 e. The molecule has 0 spiro atoms. The van der Waals surface area contributed by atoms with Crippen LogP contribution in [0.15, 0.2) is 22.4 Å². The number of methoxy groups -OCH3 is 1. The van der Waals surface area contributed by atoms with Crippen molar-refractivity contribution in [3.63, 3.8) is 0 Å². The van der Waals surface area contributed by atoms with E-state index >= 15 is 0 Å². The van der Waals surface area contributed by atoms with Gasteiger partial charge in [-0.3, -0.25) is 0 Å². The SMILES string of the molecule is COc1cc(S)c2scc(Cl)c2c1. The number of hydrogen-bond donors (Lipinski definition) is 1. The lowest BCUT2D eigenvalue weighted by atomic mass is 10.2. The number of thiophene rings is 1. The van der Waals surface area contributed by atoms with Gasteiger partial charge in [0.25, 0.3) is 0 Å². The third-order valence-corrected chi connectivity index (χ3v) is 3.79. The Bertz CT molecular complexity index is 450. The summed E-state index contributed by atoms with van der Waals surface area (Å²) in [5, 5.41) is 3.68. The van der Waals surface area contributed by atoms with E-state index in [-0.39, 0.29) is 0 Å². The second-order valence-corrected chi connectivity index (χ2v) is 4.38. The molecule has 0 aliphatic heterocycles. The van der Waals surface area contributed by atoms with Gasteiger partial charge in [0.1, 0.15) is 5.75 Å². The highest BCUT2D eigenvalue weighted by Crippen LogP contribution is 2.37. The molecule has 1 aromatic heterocycles. The summed E-state index contributed by atoms with van der Waals surface area (Å²) in [6.45, 7) is 0. The third kappa shape index (κ3) is 1.52. The molecule has 0 N–H and O–H groups in total. The molecule has 0 amide bonds. The average Bonchev–Trinajstić information content (AvgIpc) is 2.48. The van der Waals surface area contributed by atoms with Crippen molar-refractivity contribution in [3.05, 3.63) is 22.5 Å². The molecule has 0 fully saturated rings. The molecule has 0 unspecified atom stereocenters. The molecule has 1 aromatic carbocycles. The fourth-order valence-electron chi connectivity index (χ4n) is 1.18. The highest BCUT2D eigenvalue weighted by molar-refractivity contribution is 7.80. The van der Waals surface area contributed by atoms with Crippen LogP contribution >= 0.6 is 35.6 Å². The fourth-order valence-corrected chi connectivity index (χ4v) is 2.75. The minimum Gasteiger partial charge on any atom is -0.497 e. The van der Waals surface area contributed by atoms with Crippen LogP contribution in [-0.4, -0.2) is 7.11 Å². The topological polar surface area (TPSA) is 9.23 Å². The van der Waals surface area contributed by atoms with Gasteiger partial charge in [-0.2, -0.15) is 0 Å². The predicted molar refractivity (Wildman–Crippen MR) is 60.6 cm³/mol. The van der Waals surface area contributed by atoms with Gasteiger partial charge in [0.2, 0.25) is 0 Å². The molecule has 0 bridgehead atoms. The van der Waals surface area contributed by atoms with Crippen molar-refractivity contribution in [2.24, 2.45) is 0 Å². The Labute approximate surface area is 90.7 Å². The Morgan fingerprint density at radius 3 is 2.92 bits per heavy atom. The zero-order chi connectivity index (χ0) is 9.42. The highest BCUT2D eigenvalue weighted by atomic mass is 35.5. The van der Waals surface area contributed by atoms with Gasteiger partial charge in [0.05, 0.1) is 12.1 Å². The fraction of sp³-hybridized carbons (Fsp3) is 0.111. The monoisotopic (exact) mass is 230 g/mol. The lowest BCUT2D eigenvalue weighted by molar-refractivity contribution is 0.414. The Morgan fingerprint density at radius 2 is 2.23 bits per heavy atom. The first-order chi connectivity index (χ1) is 6.22. The van der Waals surface area contributed by atoms with Crippen LogP contribution in [0.1, 0.15) is 0 Å². The molecule has 0 saturated carbocycles. The summed E-state index contributed by atoms with van der Waals surface area (Å²) in [7, 11) is 1.63. The predicted octanol–water partition coefficient (Wildman–Crippen LogP) is 3.85. The van der Waals surface area contributed by atoms with Gasteiger partial charge < -0.3 is 4.74 Å². The van der Waals surface area contributed by atoms with Crippen molar-refractivity contribution < 1.29 is 4.74 Å². The molecular formula is C9H7ClOS2. The van der Waals surface area contributed by atoms with Crippen molar-refractivity contribution in [1.29, 1.82) is 0 Å². The van der Waals surface area contributed by atoms with Crippen LogP contribution in [0.4, 0.5) is 0 Å². The molecule has 4 heteroatoms. The van der Waals surface area contributed by atoms with Crippen molar-refractivity contribution >= 4 is 45.7 Å². The van der Waals surface area contributed by atoms with Crippen LogP contribution in [0.3, 0.4) is 0 Å². The van der Waals surface area contributed by atoms with Gasteiger partial charge in [-0.1, -0.05) is 11.6 Å². The summed E-state index contributed by atoms with van der Waals surface area (Å²) in [6.07, 6.45) is 0. The number of thiol groups is 1. The van der Waals surface area contributed by atoms with E-state index in [0.717, 1.165) is 25.8 Å². The van der Waals surface area contributed by atoms with Gasteiger partial charge in [-0.25, -0.2) is 0 Å². The lowest BCUT2D eigenvalue weighted by Gasteiger charge is -2.01. The molecule has 0 saturated heterocycles. The number of ether oxygens (including phenoxy) is 1. The number of benzene rings is 1. The molecule has 1 heterocycles. The maximum absolute atomic E-state index is 5.99. The number of halogens is 1. The third-order valence-electron chi connectivity index (χ3n) is 1.82. The Morgan fingerprint density at radius 1 is 1.46 bits per heavy atom. The zero-order valence-electron chi connectivity index (χ0n) is 6.87. The molecule has 0 radical (unpaired) electrons. The number of rotatable bonds is 1. The van der Waals surface area contributed by atoms with Gasteiger partial charge in [-0.15, -0.1) is 24.0 Å². The van der Waals surface area contributed by atoms with Crippen LogP contribution in [0.25, 0.3) is 10.1 Å². The first-order valence-electron chi connectivity index (χ1n) is 3.66. The molecule has 0 atom stereocenters. The van der Waals surface area contributed by atoms with E-state index in [9.17, 15) is 0 Å². The molecule has 2 rings (SSSR count). The van der Waals surface area contributed by atoms with Crippen LogP contribution in [-0.2, 0) is 0 Å². The van der Waals surface area contributed by atoms with E-state index in [2.05, 4.69) is 12.6 Å². The second-order valence-electron chi connectivity index (χ2n) is 2.61. The van der Waals surface area contributed by atoms with E-state index < -0.39 is 0 Å². The second kappa shape index (κ2) is 3.40. The Hall–Kier alpha value is -0.380. The number of hydrogen-bond acceptors (Lipinski definition) is 3. The summed E-state index contributed by atoms with van der Waals surface area (Å²) >= 11 is 11.9. The van der Waals surface area contributed by atoms with Crippen molar-refractivity contribution in [2.75, 3.05) is 7.11 Å². The highest BCUT2D eigenvalue weighted by Gasteiger charge is 2.06. The molecule has 1 nitrogen and oxygen atoms in total. The van der Waals surface area contributed by atoms with Crippen molar-refractivity contribution in [3.8, 4) is 5.75 Å².